The number of carbonyl (C=O) groups excluding carboxylic acids is 1. The van der Waals surface area contributed by atoms with Crippen molar-refractivity contribution in [3.05, 3.63) is 12.7 Å². The maximum Gasteiger partial charge on any atom is 0.416 e. The highest BCUT2D eigenvalue weighted by atomic mass is 19.4. The molecule has 0 heterocycles. The molecular weight excluding hydrogens is 416 g/mol. The summed E-state index contributed by atoms with van der Waals surface area (Å²) in [5, 5.41) is 0. The van der Waals surface area contributed by atoms with Gasteiger partial charge < -0.3 is 9.47 Å². The Morgan fingerprint density at radius 2 is 1.24 bits per heavy atom. The molecule has 11 heteroatoms. The SMILES string of the molecule is C.C.C.C.C=CC(=O)OCCOC(C)F.CCF.CCF.CF.FCC(F)(F)F. The summed E-state index contributed by atoms with van der Waals surface area (Å²) >= 11 is 0. The van der Waals surface area contributed by atoms with E-state index in [0.29, 0.717) is 7.18 Å². The van der Waals surface area contributed by atoms with Gasteiger partial charge in [0.05, 0.1) is 27.1 Å². The smallest absolute Gasteiger partial charge is 0.416 e. The molecule has 0 amide bonds. The molecule has 0 aromatic carbocycles. The molecule has 0 N–H and O–H groups in total. The number of hydrogen-bond acceptors (Lipinski definition) is 3. The second-order valence-corrected chi connectivity index (χ2v) is 3.07. The Morgan fingerprint density at radius 1 is 0.966 bits per heavy atom. The third-order valence-electron chi connectivity index (χ3n) is 0.993. The molecule has 1 atom stereocenters. The van der Waals surface area contributed by atoms with E-state index < -0.39 is 25.2 Å². The normalized spacial score (nSPS) is 8.55. The standard InChI is InChI=1S/C7H11FO3.C2H2F4.2C2H5F.CH3F.4CH4/c1-3-7(9)11-5-4-10-6(2)8;3-1-2(4,5)6;2*1-2-3;1-2;;;;/h3,6H,1,4-5H2,2H3;1H2;2*2H2,1H3;1H3;4*1H4. The number of halogens is 8. The highest BCUT2D eigenvalue weighted by molar-refractivity contribution is 5.81. The second-order valence-electron chi connectivity index (χ2n) is 3.07. The second kappa shape index (κ2) is 50.4. The highest BCUT2D eigenvalue weighted by Gasteiger charge is 2.26. The number of hydrogen-bond donors (Lipinski definition) is 0. The first kappa shape index (κ1) is 56.4. The zero-order valence-electron chi connectivity index (χ0n) is 14.6. The van der Waals surface area contributed by atoms with Crippen LogP contribution in [-0.4, -0.2) is 58.9 Å². The molecule has 188 valence electrons. The van der Waals surface area contributed by atoms with Crippen molar-refractivity contribution in [3.63, 3.8) is 0 Å². The predicted octanol–water partition coefficient (Wildman–Crippen LogP) is 7.65. The van der Waals surface area contributed by atoms with Crippen LogP contribution in [0.5, 0.6) is 0 Å². The van der Waals surface area contributed by atoms with Gasteiger partial charge in [0.2, 0.25) is 0 Å². The largest absolute Gasteiger partial charge is 0.460 e. The Bertz CT molecular complexity index is 250. The summed E-state index contributed by atoms with van der Waals surface area (Å²) in [4.78, 5) is 10.4. The quantitative estimate of drug-likeness (QED) is 0.184. The van der Waals surface area contributed by atoms with Crippen molar-refractivity contribution in [1.82, 2.24) is 0 Å². The number of rotatable bonds is 5. The van der Waals surface area contributed by atoms with Gasteiger partial charge in [-0.3, -0.25) is 13.2 Å². The molecule has 0 fully saturated rings. The van der Waals surface area contributed by atoms with E-state index in [0.717, 1.165) is 6.08 Å². The molecule has 0 radical (unpaired) electrons. The van der Waals surface area contributed by atoms with Gasteiger partial charge in [-0.1, -0.05) is 36.3 Å². The summed E-state index contributed by atoms with van der Waals surface area (Å²) in [6, 6.07) is 0. The molecule has 0 spiro atoms. The van der Waals surface area contributed by atoms with Crippen LogP contribution in [0, 0.1) is 0 Å². The van der Waals surface area contributed by atoms with Crippen LogP contribution in [0.25, 0.3) is 0 Å². The van der Waals surface area contributed by atoms with Gasteiger partial charge in [0.1, 0.15) is 6.61 Å². The van der Waals surface area contributed by atoms with Crippen molar-refractivity contribution in [2.24, 2.45) is 0 Å². The van der Waals surface area contributed by atoms with Crippen molar-refractivity contribution in [1.29, 1.82) is 0 Å². The third-order valence-corrected chi connectivity index (χ3v) is 0.993. The molecule has 1 unspecified atom stereocenters. The van der Waals surface area contributed by atoms with Gasteiger partial charge in [-0.2, -0.15) is 13.2 Å². The summed E-state index contributed by atoms with van der Waals surface area (Å²) in [6.07, 6.45) is -4.91. The fourth-order valence-electron chi connectivity index (χ4n) is 0.412. The van der Waals surface area contributed by atoms with Crippen LogP contribution in [0.3, 0.4) is 0 Å². The van der Waals surface area contributed by atoms with Crippen LogP contribution in [-0.2, 0) is 14.3 Å². The Morgan fingerprint density at radius 3 is 1.41 bits per heavy atom. The maximum atomic E-state index is 11.9. The summed E-state index contributed by atoms with van der Waals surface area (Å²) in [6.45, 7) is 4.75. The average molecular weight is 459 g/mol. The van der Waals surface area contributed by atoms with Gasteiger partial charge in [-0.25, -0.2) is 13.6 Å². The van der Waals surface area contributed by atoms with Crippen LogP contribution >= 0.6 is 0 Å². The van der Waals surface area contributed by atoms with E-state index in [-0.39, 0.29) is 56.3 Å². The highest BCUT2D eigenvalue weighted by Crippen LogP contribution is 2.13. The van der Waals surface area contributed by atoms with E-state index in [9.17, 15) is 39.9 Å². The van der Waals surface area contributed by atoms with Gasteiger partial charge in [0.25, 0.3) is 0 Å². The first-order valence-corrected chi connectivity index (χ1v) is 6.73. The molecule has 0 aliphatic rings. The van der Waals surface area contributed by atoms with Crippen LogP contribution in [0.2, 0.25) is 0 Å². The van der Waals surface area contributed by atoms with Crippen molar-refractivity contribution >= 4 is 5.97 Å². The zero-order chi connectivity index (χ0) is 21.3. The lowest BCUT2D eigenvalue weighted by Gasteiger charge is -2.03. The molecule has 0 bridgehead atoms. The first-order valence-electron chi connectivity index (χ1n) is 6.73. The van der Waals surface area contributed by atoms with Gasteiger partial charge >= 0.3 is 12.1 Å². The Balaban J connectivity index is -0.0000000275. The Hall–Kier alpha value is -1.39. The minimum absolute atomic E-state index is 0. The average Bonchev–Trinajstić information content (AvgIpc) is 2.54. The molecule has 0 aromatic rings. The van der Waals surface area contributed by atoms with E-state index in [4.69, 9.17) is 0 Å². The summed E-state index contributed by atoms with van der Waals surface area (Å²) in [5.74, 6) is -0.528. The van der Waals surface area contributed by atoms with Crippen molar-refractivity contribution in [2.45, 2.75) is 63.0 Å². The summed E-state index contributed by atoms with van der Waals surface area (Å²) < 4.78 is 92.6. The minimum Gasteiger partial charge on any atom is -0.460 e. The zero-order valence-corrected chi connectivity index (χ0v) is 14.6. The molecule has 0 aromatic heterocycles. The van der Waals surface area contributed by atoms with E-state index >= 15 is 0 Å². The molecule has 29 heavy (non-hydrogen) atoms. The summed E-state index contributed by atoms with van der Waals surface area (Å²) in [7, 11) is 0.500. The van der Waals surface area contributed by atoms with Crippen LogP contribution in [0.4, 0.5) is 35.1 Å². The van der Waals surface area contributed by atoms with E-state index in [1.165, 1.54) is 20.8 Å². The van der Waals surface area contributed by atoms with E-state index in [1.807, 2.05) is 0 Å². The predicted molar refractivity (Wildman–Crippen MR) is 107 cm³/mol. The van der Waals surface area contributed by atoms with Crippen LogP contribution < -0.4 is 0 Å². The van der Waals surface area contributed by atoms with Crippen LogP contribution in [0.1, 0.15) is 50.5 Å². The molecule has 0 aliphatic heterocycles. The molecule has 0 aliphatic carbocycles. The molecular formula is C18H42F8O3. The molecule has 0 rings (SSSR count). The van der Waals surface area contributed by atoms with Crippen molar-refractivity contribution < 1.29 is 49.4 Å². The minimum atomic E-state index is -4.62. The molecule has 0 saturated carbocycles. The van der Waals surface area contributed by atoms with Crippen LogP contribution in [0.15, 0.2) is 12.7 Å². The number of esters is 1. The monoisotopic (exact) mass is 458 g/mol. The molecule has 0 saturated heterocycles. The number of ether oxygens (including phenoxy) is 2. The summed E-state index contributed by atoms with van der Waals surface area (Å²) in [5.41, 5.74) is 0. The maximum absolute atomic E-state index is 11.9. The van der Waals surface area contributed by atoms with E-state index in [1.54, 1.807) is 0 Å². The topological polar surface area (TPSA) is 35.5 Å². The lowest BCUT2D eigenvalue weighted by molar-refractivity contribution is -0.142. The first-order chi connectivity index (χ1) is 11.6. The Labute approximate surface area is 172 Å². The van der Waals surface area contributed by atoms with Gasteiger partial charge in [-0.15, -0.1) is 0 Å². The van der Waals surface area contributed by atoms with Crippen molar-refractivity contribution in [2.75, 3.05) is 40.4 Å². The number of carbonyl (C=O) groups is 1. The lowest BCUT2D eigenvalue weighted by atomic mass is 10.6. The molecule has 3 nitrogen and oxygen atoms in total. The third kappa shape index (κ3) is 143. The van der Waals surface area contributed by atoms with Crippen molar-refractivity contribution in [3.8, 4) is 0 Å². The van der Waals surface area contributed by atoms with Gasteiger partial charge in [-0.05, 0) is 20.8 Å². The number of alkyl halides is 8. The lowest BCUT2D eigenvalue weighted by Crippen LogP contribution is -2.11. The Kier molecular flexibility index (Phi) is 98.1. The fraction of sp³-hybridized carbons (Fsp3) is 0.833. The van der Waals surface area contributed by atoms with Gasteiger partial charge in [0, 0.05) is 6.08 Å². The van der Waals surface area contributed by atoms with Gasteiger partial charge in [0.15, 0.2) is 13.0 Å². The van der Waals surface area contributed by atoms with E-state index in [2.05, 4.69) is 16.1 Å². The fourth-order valence-corrected chi connectivity index (χ4v) is 0.412.